The van der Waals surface area contributed by atoms with Crippen molar-refractivity contribution in [3.63, 3.8) is 0 Å². The molecule has 0 radical (unpaired) electrons. The van der Waals surface area contributed by atoms with Crippen molar-refractivity contribution in [1.82, 2.24) is 4.90 Å². The van der Waals surface area contributed by atoms with Gasteiger partial charge in [0.25, 0.3) is 10.0 Å². The Morgan fingerprint density at radius 2 is 1.70 bits per heavy atom. The summed E-state index contributed by atoms with van der Waals surface area (Å²) in [5.74, 6) is -0.427. The number of aliphatic hydroxyl groups is 2. The molecule has 1 saturated heterocycles. The Morgan fingerprint density at radius 1 is 1.05 bits per heavy atom. The Balaban J connectivity index is 1.53. The van der Waals surface area contributed by atoms with E-state index in [1.807, 2.05) is 24.3 Å². The molecule has 0 saturated carbocycles. The summed E-state index contributed by atoms with van der Waals surface area (Å²) in [6, 6.07) is 14.0. The number of sulfonamides is 1. The minimum absolute atomic E-state index is 0.0363. The van der Waals surface area contributed by atoms with Gasteiger partial charge in [0.05, 0.1) is 6.61 Å². The SMILES string of the molecule is CC1(C)OC(C[C@@H](CCO)c2ccccc2F)=NS(=O)(=O)C1c1ccc(C2CCN(CCO)CC2)cc1. The van der Waals surface area contributed by atoms with Crippen LogP contribution in [0.2, 0.25) is 0 Å². The second-order valence-electron chi connectivity index (χ2n) is 10.5. The van der Waals surface area contributed by atoms with E-state index in [9.17, 15) is 17.9 Å². The van der Waals surface area contributed by atoms with E-state index in [1.165, 1.54) is 11.6 Å². The number of halogens is 1. The van der Waals surface area contributed by atoms with Crippen LogP contribution >= 0.6 is 0 Å². The molecule has 0 amide bonds. The summed E-state index contributed by atoms with van der Waals surface area (Å²) in [5, 5.41) is 17.7. The van der Waals surface area contributed by atoms with Crippen LogP contribution in [0, 0.1) is 5.82 Å². The zero-order chi connectivity index (χ0) is 26.6. The first-order valence-corrected chi connectivity index (χ1v) is 14.4. The van der Waals surface area contributed by atoms with Gasteiger partial charge in [-0.15, -0.1) is 4.40 Å². The second kappa shape index (κ2) is 11.6. The van der Waals surface area contributed by atoms with Gasteiger partial charge < -0.3 is 19.8 Å². The van der Waals surface area contributed by atoms with Crippen molar-refractivity contribution in [3.05, 3.63) is 71.0 Å². The summed E-state index contributed by atoms with van der Waals surface area (Å²) in [4.78, 5) is 2.26. The third kappa shape index (κ3) is 6.39. The van der Waals surface area contributed by atoms with E-state index in [4.69, 9.17) is 9.84 Å². The third-order valence-corrected chi connectivity index (χ3v) is 9.39. The smallest absolute Gasteiger partial charge is 0.267 e. The topological polar surface area (TPSA) is 99.4 Å². The van der Waals surface area contributed by atoms with E-state index in [0.29, 0.717) is 23.6 Å². The molecule has 0 bridgehead atoms. The predicted molar refractivity (Wildman–Crippen MR) is 142 cm³/mol. The maximum Gasteiger partial charge on any atom is 0.267 e. The Labute approximate surface area is 219 Å². The van der Waals surface area contributed by atoms with Gasteiger partial charge >= 0.3 is 0 Å². The molecule has 2 atom stereocenters. The molecule has 2 aliphatic rings. The zero-order valence-corrected chi connectivity index (χ0v) is 22.3. The van der Waals surface area contributed by atoms with Gasteiger partial charge in [0.1, 0.15) is 16.7 Å². The van der Waals surface area contributed by atoms with Crippen LogP contribution < -0.4 is 0 Å². The number of piperidine rings is 1. The Hall–Kier alpha value is -2.33. The van der Waals surface area contributed by atoms with Crippen LogP contribution in [0.3, 0.4) is 0 Å². The van der Waals surface area contributed by atoms with Crippen molar-refractivity contribution in [2.24, 2.45) is 4.40 Å². The molecule has 4 rings (SSSR count). The summed E-state index contributed by atoms with van der Waals surface area (Å²) in [6.45, 7) is 6.04. The molecule has 0 spiro atoms. The number of likely N-dealkylation sites (tertiary alicyclic amines) is 1. The van der Waals surface area contributed by atoms with Gasteiger partial charge in [0, 0.05) is 19.6 Å². The first-order valence-electron chi connectivity index (χ1n) is 12.9. The van der Waals surface area contributed by atoms with Crippen LogP contribution in [0.1, 0.15) is 73.3 Å². The molecule has 2 aromatic rings. The van der Waals surface area contributed by atoms with Gasteiger partial charge in [-0.05, 0) is 80.8 Å². The Kier molecular flexibility index (Phi) is 8.68. The molecule has 7 nitrogen and oxygen atoms in total. The molecule has 1 unspecified atom stereocenters. The molecule has 9 heteroatoms. The Morgan fingerprint density at radius 3 is 2.30 bits per heavy atom. The van der Waals surface area contributed by atoms with E-state index >= 15 is 0 Å². The highest BCUT2D eigenvalue weighted by molar-refractivity contribution is 7.90. The van der Waals surface area contributed by atoms with Gasteiger partial charge in [0.15, 0.2) is 0 Å². The van der Waals surface area contributed by atoms with Crippen molar-refractivity contribution < 1.29 is 27.8 Å². The molecule has 2 N–H and O–H groups in total. The van der Waals surface area contributed by atoms with Crippen LogP contribution in [0.5, 0.6) is 0 Å². The number of hydrogen-bond donors (Lipinski definition) is 2. The van der Waals surface area contributed by atoms with Crippen LogP contribution in [-0.4, -0.2) is 67.9 Å². The highest BCUT2D eigenvalue weighted by Gasteiger charge is 2.47. The summed E-state index contributed by atoms with van der Waals surface area (Å²) >= 11 is 0. The van der Waals surface area contributed by atoms with E-state index in [2.05, 4.69) is 9.30 Å². The van der Waals surface area contributed by atoms with Crippen molar-refractivity contribution >= 4 is 15.9 Å². The summed E-state index contributed by atoms with van der Waals surface area (Å²) in [6.07, 6.45) is 2.33. The summed E-state index contributed by atoms with van der Waals surface area (Å²) in [5.41, 5.74) is 1.11. The minimum atomic E-state index is -3.96. The van der Waals surface area contributed by atoms with Crippen molar-refractivity contribution in [3.8, 4) is 0 Å². The van der Waals surface area contributed by atoms with Crippen LogP contribution in [0.4, 0.5) is 4.39 Å². The fourth-order valence-electron chi connectivity index (χ4n) is 5.70. The van der Waals surface area contributed by atoms with E-state index < -0.39 is 32.6 Å². The molecule has 1 fully saturated rings. The van der Waals surface area contributed by atoms with Crippen LogP contribution in [0.15, 0.2) is 52.9 Å². The predicted octanol–water partition coefficient (Wildman–Crippen LogP) is 4.13. The summed E-state index contributed by atoms with van der Waals surface area (Å²) < 4.78 is 51.4. The molecule has 202 valence electrons. The van der Waals surface area contributed by atoms with E-state index in [0.717, 1.165) is 25.9 Å². The van der Waals surface area contributed by atoms with E-state index in [-0.39, 0.29) is 32.0 Å². The van der Waals surface area contributed by atoms with Crippen LogP contribution in [0.25, 0.3) is 0 Å². The molecule has 0 aliphatic carbocycles. The van der Waals surface area contributed by atoms with Gasteiger partial charge in [-0.25, -0.2) is 12.8 Å². The Bertz CT molecular complexity index is 1190. The van der Waals surface area contributed by atoms with Gasteiger partial charge in [0.2, 0.25) is 5.90 Å². The number of ether oxygens (including phenoxy) is 1. The molecule has 2 aliphatic heterocycles. The van der Waals surface area contributed by atoms with E-state index in [1.54, 1.807) is 32.0 Å². The maximum atomic E-state index is 14.4. The molecule has 0 aromatic heterocycles. The minimum Gasteiger partial charge on any atom is -0.472 e. The molecule has 2 aromatic carbocycles. The third-order valence-electron chi connectivity index (χ3n) is 7.50. The number of aliphatic hydroxyl groups excluding tert-OH is 2. The first-order chi connectivity index (χ1) is 17.6. The fourth-order valence-corrected chi connectivity index (χ4v) is 7.46. The maximum absolute atomic E-state index is 14.4. The lowest BCUT2D eigenvalue weighted by Crippen LogP contribution is -2.43. The number of benzene rings is 2. The average molecular weight is 533 g/mol. The number of nitrogens with zero attached hydrogens (tertiary/aromatic N) is 2. The standard InChI is InChI=1S/C28H37FN2O5S/c1-28(2)27(22-9-7-20(8-10-22)21-11-14-31(15-12-21)16-18-33)37(34,35)30-26(36-28)19-23(13-17-32)24-5-3-4-6-25(24)29/h3-10,21,23,27,32-33H,11-19H2,1-2H3/t23-,27?/m1/s1. The van der Waals surface area contributed by atoms with Crippen molar-refractivity contribution in [2.75, 3.05) is 32.8 Å². The number of hydrogen-bond acceptors (Lipinski definition) is 6. The fraction of sp³-hybridized carbons (Fsp3) is 0.536. The van der Waals surface area contributed by atoms with Gasteiger partial charge in [-0.2, -0.15) is 0 Å². The number of rotatable bonds is 9. The highest BCUT2D eigenvalue weighted by atomic mass is 32.2. The van der Waals surface area contributed by atoms with Crippen LogP contribution in [-0.2, 0) is 14.8 Å². The lowest BCUT2D eigenvalue weighted by atomic mass is 9.88. The molecular weight excluding hydrogens is 495 g/mol. The average Bonchev–Trinajstić information content (AvgIpc) is 2.84. The largest absolute Gasteiger partial charge is 0.472 e. The first kappa shape index (κ1) is 27.7. The summed E-state index contributed by atoms with van der Waals surface area (Å²) in [7, 11) is -3.96. The normalized spacial score (nSPS) is 22.7. The second-order valence-corrected chi connectivity index (χ2v) is 12.2. The molecular formula is C28H37FN2O5S. The molecule has 37 heavy (non-hydrogen) atoms. The monoisotopic (exact) mass is 532 g/mol. The lowest BCUT2D eigenvalue weighted by molar-refractivity contribution is 0.0797. The van der Waals surface area contributed by atoms with Gasteiger partial charge in [-0.1, -0.05) is 42.5 Å². The molecule has 2 heterocycles. The number of β-amino-alcohol motifs (C(OH)–C–C–N with tert-alkyl or cyclic N) is 1. The van der Waals surface area contributed by atoms with Crippen molar-refractivity contribution in [2.45, 2.75) is 62.2 Å². The van der Waals surface area contributed by atoms with Crippen molar-refractivity contribution in [1.29, 1.82) is 0 Å². The lowest BCUT2D eigenvalue weighted by Gasteiger charge is -2.38. The quantitative estimate of drug-likeness (QED) is 0.504. The van der Waals surface area contributed by atoms with Gasteiger partial charge in [-0.3, -0.25) is 0 Å². The highest BCUT2D eigenvalue weighted by Crippen LogP contribution is 2.42. The zero-order valence-electron chi connectivity index (χ0n) is 21.5.